The van der Waals surface area contributed by atoms with Crippen molar-refractivity contribution in [3.8, 4) is 0 Å². The standard InChI is InChI=1S/C17H22N4O/c1-12-5-6-15(22-12)9-18-8-13-10-21(11-13)17-7-14-3-2-4-16(14)19-20-17/h5-7,13,18H,2-4,8-11H2,1H3. The number of fused-ring (bicyclic) bond motifs is 1. The Kier molecular flexibility index (Phi) is 3.58. The molecule has 1 fully saturated rings. The van der Waals surface area contributed by atoms with Crippen molar-refractivity contribution in [2.75, 3.05) is 24.5 Å². The van der Waals surface area contributed by atoms with Gasteiger partial charge in [-0.25, -0.2) is 0 Å². The second-order valence-corrected chi connectivity index (χ2v) is 6.44. The molecule has 116 valence electrons. The third kappa shape index (κ3) is 2.73. The topological polar surface area (TPSA) is 54.2 Å². The summed E-state index contributed by atoms with van der Waals surface area (Å²) >= 11 is 0. The lowest BCUT2D eigenvalue weighted by molar-refractivity contribution is 0.369. The van der Waals surface area contributed by atoms with Crippen molar-refractivity contribution in [2.24, 2.45) is 5.92 Å². The van der Waals surface area contributed by atoms with Gasteiger partial charge in [-0.1, -0.05) is 0 Å². The normalized spacial score (nSPS) is 17.6. The zero-order chi connectivity index (χ0) is 14.9. The Hall–Kier alpha value is -1.88. The Morgan fingerprint density at radius 2 is 2.18 bits per heavy atom. The van der Waals surface area contributed by atoms with Gasteiger partial charge in [0.05, 0.1) is 12.2 Å². The number of aryl methyl sites for hydroxylation is 3. The lowest BCUT2D eigenvalue weighted by atomic mass is 10.00. The fourth-order valence-corrected chi connectivity index (χ4v) is 3.34. The second-order valence-electron chi connectivity index (χ2n) is 6.44. The molecule has 0 spiro atoms. The molecule has 0 unspecified atom stereocenters. The van der Waals surface area contributed by atoms with E-state index in [4.69, 9.17) is 4.42 Å². The molecule has 1 aliphatic heterocycles. The van der Waals surface area contributed by atoms with Gasteiger partial charge < -0.3 is 14.6 Å². The van der Waals surface area contributed by atoms with E-state index in [0.29, 0.717) is 5.92 Å². The molecule has 4 rings (SSSR count). The fourth-order valence-electron chi connectivity index (χ4n) is 3.34. The van der Waals surface area contributed by atoms with Gasteiger partial charge in [-0.15, -0.1) is 5.10 Å². The van der Waals surface area contributed by atoms with Gasteiger partial charge in [0.15, 0.2) is 5.82 Å². The third-order valence-electron chi connectivity index (χ3n) is 4.62. The average Bonchev–Trinajstić information content (AvgIpc) is 3.09. The van der Waals surface area contributed by atoms with E-state index in [1.165, 1.54) is 24.1 Å². The summed E-state index contributed by atoms with van der Waals surface area (Å²) in [5, 5.41) is 12.2. The van der Waals surface area contributed by atoms with Crippen LogP contribution in [0.1, 0.15) is 29.2 Å². The van der Waals surface area contributed by atoms with E-state index in [2.05, 4.69) is 26.5 Å². The van der Waals surface area contributed by atoms with Crippen molar-refractivity contribution in [1.82, 2.24) is 15.5 Å². The van der Waals surface area contributed by atoms with E-state index < -0.39 is 0 Å². The fraction of sp³-hybridized carbons (Fsp3) is 0.529. The molecule has 0 bridgehead atoms. The molecule has 1 aliphatic carbocycles. The molecule has 2 aromatic rings. The zero-order valence-electron chi connectivity index (χ0n) is 13.0. The molecular formula is C17H22N4O. The van der Waals surface area contributed by atoms with Crippen molar-refractivity contribution in [3.05, 3.63) is 41.0 Å². The summed E-state index contributed by atoms with van der Waals surface area (Å²) in [4.78, 5) is 2.33. The highest BCUT2D eigenvalue weighted by molar-refractivity contribution is 5.45. The molecule has 1 saturated heterocycles. The van der Waals surface area contributed by atoms with Crippen molar-refractivity contribution >= 4 is 5.82 Å². The number of nitrogens with one attached hydrogen (secondary N) is 1. The second kappa shape index (κ2) is 5.72. The first-order valence-corrected chi connectivity index (χ1v) is 8.14. The van der Waals surface area contributed by atoms with E-state index in [1.807, 2.05) is 19.1 Å². The molecule has 1 N–H and O–H groups in total. The van der Waals surface area contributed by atoms with Crippen LogP contribution in [0.25, 0.3) is 0 Å². The lowest BCUT2D eigenvalue weighted by Gasteiger charge is -2.40. The predicted octanol–water partition coefficient (Wildman–Crippen LogP) is 2.09. The molecule has 0 aromatic carbocycles. The van der Waals surface area contributed by atoms with Crippen LogP contribution in [0.3, 0.4) is 0 Å². The van der Waals surface area contributed by atoms with Crippen LogP contribution >= 0.6 is 0 Å². The van der Waals surface area contributed by atoms with Gasteiger partial charge in [0.1, 0.15) is 11.5 Å². The number of aromatic nitrogens is 2. The lowest BCUT2D eigenvalue weighted by Crippen LogP contribution is -2.51. The highest BCUT2D eigenvalue weighted by Crippen LogP contribution is 2.26. The third-order valence-corrected chi connectivity index (χ3v) is 4.62. The van der Waals surface area contributed by atoms with E-state index in [-0.39, 0.29) is 0 Å². The molecule has 22 heavy (non-hydrogen) atoms. The van der Waals surface area contributed by atoms with Crippen LogP contribution < -0.4 is 10.2 Å². The minimum atomic E-state index is 0.686. The summed E-state index contributed by atoms with van der Waals surface area (Å²) in [6, 6.07) is 6.29. The number of hydrogen-bond donors (Lipinski definition) is 1. The average molecular weight is 298 g/mol. The summed E-state index contributed by atoms with van der Waals surface area (Å²) in [7, 11) is 0. The highest BCUT2D eigenvalue weighted by Gasteiger charge is 2.28. The Morgan fingerprint density at radius 3 is 3.00 bits per heavy atom. The maximum absolute atomic E-state index is 5.56. The number of nitrogens with zero attached hydrogens (tertiary/aromatic N) is 3. The Bertz CT molecular complexity index is 660. The first-order valence-electron chi connectivity index (χ1n) is 8.14. The SMILES string of the molecule is Cc1ccc(CNCC2CN(c3cc4c(nn3)CCC4)C2)o1. The minimum Gasteiger partial charge on any atom is -0.465 e. The summed E-state index contributed by atoms with van der Waals surface area (Å²) in [6.07, 6.45) is 3.49. The monoisotopic (exact) mass is 298 g/mol. The molecule has 2 aromatic heterocycles. The molecule has 0 radical (unpaired) electrons. The predicted molar refractivity (Wildman–Crippen MR) is 84.9 cm³/mol. The largest absolute Gasteiger partial charge is 0.465 e. The summed E-state index contributed by atoms with van der Waals surface area (Å²) in [5.41, 5.74) is 2.61. The van der Waals surface area contributed by atoms with Crippen molar-refractivity contribution < 1.29 is 4.42 Å². The summed E-state index contributed by atoms with van der Waals surface area (Å²) in [6.45, 7) is 5.94. The first-order chi connectivity index (χ1) is 10.8. The van der Waals surface area contributed by atoms with Crippen molar-refractivity contribution in [2.45, 2.75) is 32.7 Å². The number of rotatable bonds is 5. The molecule has 5 nitrogen and oxygen atoms in total. The van der Waals surface area contributed by atoms with Crippen LogP contribution in [0.4, 0.5) is 5.82 Å². The van der Waals surface area contributed by atoms with Crippen molar-refractivity contribution in [3.63, 3.8) is 0 Å². The van der Waals surface area contributed by atoms with Crippen molar-refractivity contribution in [1.29, 1.82) is 0 Å². The number of hydrogen-bond acceptors (Lipinski definition) is 5. The van der Waals surface area contributed by atoms with E-state index in [1.54, 1.807) is 0 Å². The van der Waals surface area contributed by atoms with Crippen LogP contribution in [0.15, 0.2) is 22.6 Å². The Labute approximate surface area is 130 Å². The first kappa shape index (κ1) is 13.8. The van der Waals surface area contributed by atoms with Crippen LogP contribution in [0.2, 0.25) is 0 Å². The van der Waals surface area contributed by atoms with Crippen LogP contribution in [-0.4, -0.2) is 29.8 Å². The molecule has 5 heteroatoms. The minimum absolute atomic E-state index is 0.686. The molecular weight excluding hydrogens is 276 g/mol. The van der Waals surface area contributed by atoms with Crippen LogP contribution in [0, 0.1) is 12.8 Å². The van der Waals surface area contributed by atoms with Gasteiger partial charge in [0.25, 0.3) is 0 Å². The summed E-state index contributed by atoms with van der Waals surface area (Å²) < 4.78 is 5.56. The Balaban J connectivity index is 1.24. The maximum Gasteiger partial charge on any atom is 0.151 e. The van der Waals surface area contributed by atoms with Crippen LogP contribution in [-0.2, 0) is 19.4 Å². The molecule has 0 atom stereocenters. The number of furan rings is 1. The van der Waals surface area contributed by atoms with Gasteiger partial charge in [-0.3, -0.25) is 0 Å². The molecule has 2 aliphatic rings. The van der Waals surface area contributed by atoms with E-state index in [0.717, 1.165) is 49.9 Å². The highest BCUT2D eigenvalue weighted by atomic mass is 16.3. The maximum atomic E-state index is 5.56. The van der Waals surface area contributed by atoms with Gasteiger partial charge in [0, 0.05) is 25.6 Å². The molecule has 0 saturated carbocycles. The van der Waals surface area contributed by atoms with Crippen LogP contribution in [0.5, 0.6) is 0 Å². The zero-order valence-corrected chi connectivity index (χ0v) is 13.0. The molecule has 3 heterocycles. The van der Waals surface area contributed by atoms with Gasteiger partial charge in [0.2, 0.25) is 0 Å². The van der Waals surface area contributed by atoms with Gasteiger partial charge in [-0.05, 0) is 49.9 Å². The summed E-state index contributed by atoms with van der Waals surface area (Å²) in [5.74, 6) is 3.73. The smallest absolute Gasteiger partial charge is 0.151 e. The number of anilines is 1. The van der Waals surface area contributed by atoms with E-state index in [9.17, 15) is 0 Å². The van der Waals surface area contributed by atoms with Gasteiger partial charge in [-0.2, -0.15) is 5.10 Å². The quantitative estimate of drug-likeness (QED) is 0.916. The van der Waals surface area contributed by atoms with E-state index >= 15 is 0 Å². The Morgan fingerprint density at radius 1 is 1.27 bits per heavy atom. The van der Waals surface area contributed by atoms with Gasteiger partial charge >= 0.3 is 0 Å². The molecule has 0 amide bonds.